The van der Waals surface area contributed by atoms with Gasteiger partial charge in [-0.25, -0.2) is 0 Å². The Hall–Kier alpha value is -1.96. The lowest BCUT2D eigenvalue weighted by molar-refractivity contribution is -0.143. The Morgan fingerprint density at radius 3 is 2.12 bits per heavy atom. The molecule has 92 valence electrons. The highest BCUT2D eigenvalue weighted by molar-refractivity contribution is 5.42. The molecular formula is C7H2F6N4. The van der Waals surface area contributed by atoms with Crippen molar-refractivity contribution in [2.45, 2.75) is 12.4 Å². The number of alkyl halides is 6. The van der Waals surface area contributed by atoms with Crippen LogP contribution in [-0.2, 0) is 12.4 Å². The maximum absolute atomic E-state index is 12.3. The molecule has 0 fully saturated rings. The molecule has 17 heavy (non-hydrogen) atoms. The second-order valence-corrected chi connectivity index (χ2v) is 2.78. The number of azide groups is 1. The highest BCUT2D eigenvalue weighted by Crippen LogP contribution is 2.38. The molecule has 0 aliphatic rings. The molecule has 4 nitrogen and oxygen atoms in total. The molecule has 0 aromatic carbocycles. The smallest absolute Gasteiger partial charge is 0.253 e. The van der Waals surface area contributed by atoms with Gasteiger partial charge in [-0.15, -0.1) is 0 Å². The normalized spacial score (nSPS) is 12.1. The van der Waals surface area contributed by atoms with Gasteiger partial charge in [0.1, 0.15) is 5.82 Å². The fourth-order valence-electron chi connectivity index (χ4n) is 0.943. The first kappa shape index (κ1) is 13.1. The number of nitrogens with zero attached hydrogens (tertiary/aromatic N) is 4. The summed E-state index contributed by atoms with van der Waals surface area (Å²) in [6.07, 6.45) is -9.88. The van der Waals surface area contributed by atoms with Crippen LogP contribution in [0.1, 0.15) is 11.1 Å². The number of hydrogen-bond acceptors (Lipinski definition) is 2. The Balaban J connectivity index is 3.45. The van der Waals surface area contributed by atoms with E-state index < -0.39 is 29.3 Å². The summed E-state index contributed by atoms with van der Waals surface area (Å²) >= 11 is 0. The lowest BCUT2D eigenvalue weighted by Gasteiger charge is -2.12. The fourth-order valence-corrected chi connectivity index (χ4v) is 0.943. The summed E-state index contributed by atoms with van der Waals surface area (Å²) in [5, 5.41) is 2.58. The van der Waals surface area contributed by atoms with Gasteiger partial charge in [0.2, 0.25) is 0 Å². The molecule has 1 aromatic rings. The maximum Gasteiger partial charge on any atom is 0.418 e. The molecule has 0 aliphatic heterocycles. The summed E-state index contributed by atoms with van der Waals surface area (Å²) < 4.78 is 73.5. The Labute approximate surface area is 89.5 Å². The molecule has 0 unspecified atom stereocenters. The predicted molar refractivity (Wildman–Crippen MR) is 43.0 cm³/mol. The number of hydrogen-bond donors (Lipinski definition) is 0. The van der Waals surface area contributed by atoms with Crippen molar-refractivity contribution in [1.82, 2.24) is 4.98 Å². The van der Waals surface area contributed by atoms with E-state index in [1.165, 1.54) is 0 Å². The van der Waals surface area contributed by atoms with Crippen molar-refractivity contribution in [3.8, 4) is 0 Å². The highest BCUT2D eigenvalue weighted by atomic mass is 19.4. The van der Waals surface area contributed by atoms with E-state index >= 15 is 0 Å². The number of halogens is 6. The van der Waals surface area contributed by atoms with Crippen molar-refractivity contribution in [2.75, 3.05) is 0 Å². The molecule has 0 spiro atoms. The first-order valence-corrected chi connectivity index (χ1v) is 3.86. The highest BCUT2D eigenvalue weighted by Gasteiger charge is 2.38. The SMILES string of the molecule is [N-]=[N+]=Nc1ncc(C(F)(F)F)cc1C(F)(F)F. The summed E-state index contributed by atoms with van der Waals surface area (Å²) in [6, 6.07) is -0.156. The van der Waals surface area contributed by atoms with Crippen LogP contribution in [0.25, 0.3) is 10.4 Å². The Morgan fingerprint density at radius 1 is 1.12 bits per heavy atom. The maximum atomic E-state index is 12.3. The van der Waals surface area contributed by atoms with Crippen LogP contribution in [0.2, 0.25) is 0 Å². The van der Waals surface area contributed by atoms with E-state index in [4.69, 9.17) is 5.53 Å². The van der Waals surface area contributed by atoms with Crippen LogP contribution in [0.4, 0.5) is 32.2 Å². The van der Waals surface area contributed by atoms with Crippen molar-refractivity contribution in [2.24, 2.45) is 5.11 Å². The van der Waals surface area contributed by atoms with Gasteiger partial charge in [0.15, 0.2) is 0 Å². The van der Waals surface area contributed by atoms with Gasteiger partial charge < -0.3 is 0 Å². The summed E-state index contributed by atoms with van der Waals surface area (Å²) in [5.74, 6) is -1.15. The zero-order valence-electron chi connectivity index (χ0n) is 7.71. The molecule has 1 aromatic heterocycles. The van der Waals surface area contributed by atoms with Crippen LogP contribution in [0.5, 0.6) is 0 Å². The van der Waals surface area contributed by atoms with Crippen LogP contribution in [-0.4, -0.2) is 4.98 Å². The summed E-state index contributed by atoms with van der Waals surface area (Å²) in [4.78, 5) is 4.89. The molecule has 0 radical (unpaired) electrons. The van der Waals surface area contributed by atoms with Gasteiger partial charge in [-0.2, -0.15) is 26.3 Å². The third kappa shape index (κ3) is 3.00. The molecule has 0 amide bonds. The summed E-state index contributed by atoms with van der Waals surface area (Å²) in [6.45, 7) is 0. The van der Waals surface area contributed by atoms with E-state index in [9.17, 15) is 26.3 Å². The van der Waals surface area contributed by atoms with Gasteiger partial charge in [-0.1, -0.05) is 0 Å². The molecule has 0 saturated heterocycles. The van der Waals surface area contributed by atoms with Crippen LogP contribution >= 0.6 is 0 Å². The molecule has 10 heteroatoms. The molecule has 0 saturated carbocycles. The quantitative estimate of drug-likeness (QED) is 0.323. The average Bonchev–Trinajstić information content (AvgIpc) is 2.15. The van der Waals surface area contributed by atoms with E-state index in [-0.39, 0.29) is 12.3 Å². The van der Waals surface area contributed by atoms with Crippen LogP contribution in [0, 0.1) is 0 Å². The van der Waals surface area contributed by atoms with Crippen LogP contribution in [0.15, 0.2) is 17.4 Å². The number of aromatic nitrogens is 1. The molecule has 1 rings (SSSR count). The minimum absolute atomic E-state index is 0.156. The minimum atomic E-state index is -5.09. The second kappa shape index (κ2) is 4.13. The molecule has 0 atom stereocenters. The number of pyridine rings is 1. The topological polar surface area (TPSA) is 61.7 Å². The van der Waals surface area contributed by atoms with E-state index in [0.717, 1.165) is 0 Å². The Bertz CT molecular complexity index is 470. The van der Waals surface area contributed by atoms with E-state index in [1.54, 1.807) is 0 Å². The lowest BCUT2D eigenvalue weighted by Crippen LogP contribution is -2.11. The monoisotopic (exact) mass is 256 g/mol. The Kier molecular flexibility index (Phi) is 3.18. The van der Waals surface area contributed by atoms with Crippen molar-refractivity contribution < 1.29 is 26.3 Å². The van der Waals surface area contributed by atoms with Crippen LogP contribution < -0.4 is 0 Å². The van der Waals surface area contributed by atoms with Gasteiger partial charge in [0.05, 0.1) is 11.1 Å². The molecule has 1 heterocycles. The van der Waals surface area contributed by atoms with Crippen molar-refractivity contribution in [3.05, 3.63) is 33.8 Å². The molecule has 0 bridgehead atoms. The van der Waals surface area contributed by atoms with Gasteiger partial charge in [-0.05, 0) is 16.7 Å². The minimum Gasteiger partial charge on any atom is -0.253 e. The molecule has 0 aliphatic carbocycles. The zero-order chi connectivity index (χ0) is 13.3. The standard InChI is InChI=1S/C7H2F6N4/c8-6(9,10)3-1-4(7(11,12)13)5(15-2-3)16-17-14/h1-2H. The largest absolute Gasteiger partial charge is 0.418 e. The van der Waals surface area contributed by atoms with Gasteiger partial charge in [0.25, 0.3) is 0 Å². The second-order valence-electron chi connectivity index (χ2n) is 2.78. The number of rotatable bonds is 1. The van der Waals surface area contributed by atoms with Gasteiger partial charge >= 0.3 is 12.4 Å². The predicted octanol–water partition coefficient (Wildman–Crippen LogP) is 4.06. The van der Waals surface area contributed by atoms with E-state index in [0.29, 0.717) is 0 Å². The fraction of sp³-hybridized carbons (Fsp3) is 0.286. The lowest BCUT2D eigenvalue weighted by atomic mass is 10.2. The van der Waals surface area contributed by atoms with E-state index in [1.807, 2.05) is 0 Å². The zero-order valence-corrected chi connectivity index (χ0v) is 7.71. The van der Waals surface area contributed by atoms with Crippen molar-refractivity contribution >= 4 is 5.82 Å². The average molecular weight is 256 g/mol. The van der Waals surface area contributed by atoms with Crippen molar-refractivity contribution in [1.29, 1.82) is 0 Å². The summed E-state index contributed by atoms with van der Waals surface area (Å²) in [5.41, 5.74) is 4.67. The first-order valence-electron chi connectivity index (χ1n) is 3.86. The summed E-state index contributed by atoms with van der Waals surface area (Å²) in [7, 11) is 0. The van der Waals surface area contributed by atoms with Gasteiger partial charge in [-0.3, -0.25) is 4.98 Å². The van der Waals surface area contributed by atoms with Crippen LogP contribution in [0.3, 0.4) is 0 Å². The first-order chi connectivity index (χ1) is 7.66. The van der Waals surface area contributed by atoms with Gasteiger partial charge in [0, 0.05) is 11.1 Å². The van der Waals surface area contributed by atoms with Crippen molar-refractivity contribution in [3.63, 3.8) is 0 Å². The third-order valence-corrected chi connectivity index (χ3v) is 1.64. The molecule has 0 N–H and O–H groups in total. The molecular weight excluding hydrogens is 254 g/mol. The third-order valence-electron chi connectivity index (χ3n) is 1.64. The Morgan fingerprint density at radius 2 is 1.71 bits per heavy atom. The van der Waals surface area contributed by atoms with E-state index in [2.05, 4.69) is 15.0 Å².